The largest absolute Gasteiger partial charge is 0.372 e. The normalized spacial score (nSPS) is 13.5. The Bertz CT molecular complexity index is 934. The van der Waals surface area contributed by atoms with E-state index in [1.165, 1.54) is 30.7 Å². The third kappa shape index (κ3) is 5.22. The fraction of sp³-hybridized carbons (Fsp3) is 0.304. The van der Waals surface area contributed by atoms with E-state index in [0.717, 1.165) is 42.3 Å². The van der Waals surface area contributed by atoms with Crippen molar-refractivity contribution in [1.82, 2.24) is 9.97 Å². The van der Waals surface area contributed by atoms with E-state index in [1.54, 1.807) is 12.1 Å². The maximum atomic E-state index is 13.0. The zero-order chi connectivity index (χ0) is 20.1. The Kier molecular flexibility index (Phi) is 5.89. The predicted molar refractivity (Wildman–Crippen MR) is 117 cm³/mol. The van der Waals surface area contributed by atoms with Gasteiger partial charge in [0.15, 0.2) is 0 Å². The molecule has 1 saturated heterocycles. The van der Waals surface area contributed by atoms with Crippen molar-refractivity contribution >= 4 is 23.1 Å². The number of rotatable bonds is 7. The summed E-state index contributed by atoms with van der Waals surface area (Å²) in [6, 6.07) is 16.9. The van der Waals surface area contributed by atoms with Crippen LogP contribution in [0.15, 0.2) is 54.6 Å². The van der Waals surface area contributed by atoms with Crippen LogP contribution in [0.4, 0.5) is 27.5 Å². The molecule has 1 aliphatic rings. The summed E-state index contributed by atoms with van der Waals surface area (Å²) in [5.41, 5.74) is 4.21. The number of halogens is 1. The van der Waals surface area contributed by atoms with E-state index in [0.29, 0.717) is 12.5 Å². The van der Waals surface area contributed by atoms with Crippen LogP contribution in [-0.4, -0.2) is 29.6 Å². The third-order valence-electron chi connectivity index (χ3n) is 5.08. The second kappa shape index (κ2) is 8.90. The van der Waals surface area contributed by atoms with E-state index in [-0.39, 0.29) is 5.82 Å². The van der Waals surface area contributed by atoms with Crippen LogP contribution < -0.4 is 15.5 Å². The molecule has 5 nitrogen and oxygen atoms in total. The summed E-state index contributed by atoms with van der Waals surface area (Å²) in [7, 11) is 0. The van der Waals surface area contributed by atoms with Crippen LogP contribution in [0.2, 0.25) is 0 Å². The van der Waals surface area contributed by atoms with Crippen molar-refractivity contribution in [1.29, 1.82) is 0 Å². The maximum Gasteiger partial charge on any atom is 0.229 e. The standard InChI is InChI=1S/C23H26FN5/c1-17-16-22(25-13-12-18-4-6-19(24)7-5-18)28-23(26-17)27-20-8-10-21(11-9-20)29-14-2-3-15-29/h4-11,16H,2-3,12-15H2,1H3,(H2,25,26,27,28). The second-order valence-electron chi connectivity index (χ2n) is 7.39. The minimum absolute atomic E-state index is 0.211. The molecule has 4 rings (SSSR count). The molecule has 0 saturated carbocycles. The van der Waals surface area contributed by atoms with Gasteiger partial charge in [0.05, 0.1) is 0 Å². The molecule has 2 N–H and O–H groups in total. The van der Waals surface area contributed by atoms with Crippen LogP contribution in [-0.2, 0) is 6.42 Å². The Hall–Kier alpha value is -3.15. The van der Waals surface area contributed by atoms with Crippen molar-refractivity contribution in [3.63, 3.8) is 0 Å². The highest BCUT2D eigenvalue weighted by Crippen LogP contribution is 2.23. The van der Waals surface area contributed by atoms with Crippen LogP contribution in [0.25, 0.3) is 0 Å². The molecule has 3 aromatic rings. The van der Waals surface area contributed by atoms with Gasteiger partial charge < -0.3 is 15.5 Å². The number of hydrogen-bond donors (Lipinski definition) is 2. The van der Waals surface area contributed by atoms with Crippen molar-refractivity contribution in [3.8, 4) is 0 Å². The SMILES string of the molecule is Cc1cc(NCCc2ccc(F)cc2)nc(Nc2ccc(N3CCCC3)cc2)n1. The van der Waals surface area contributed by atoms with Crippen LogP contribution in [0.3, 0.4) is 0 Å². The summed E-state index contributed by atoms with van der Waals surface area (Å²) in [6.07, 6.45) is 3.34. The van der Waals surface area contributed by atoms with E-state index in [1.807, 2.05) is 13.0 Å². The number of nitrogens with zero attached hydrogens (tertiary/aromatic N) is 3. The number of aromatic nitrogens is 2. The molecule has 0 atom stereocenters. The van der Waals surface area contributed by atoms with Crippen molar-refractivity contribution in [2.24, 2.45) is 0 Å². The number of benzene rings is 2. The van der Waals surface area contributed by atoms with E-state index in [9.17, 15) is 4.39 Å². The summed E-state index contributed by atoms with van der Waals surface area (Å²) < 4.78 is 13.0. The van der Waals surface area contributed by atoms with Gasteiger partial charge in [-0.15, -0.1) is 0 Å². The Morgan fingerprint density at radius 3 is 2.41 bits per heavy atom. The molecule has 150 valence electrons. The van der Waals surface area contributed by atoms with Gasteiger partial charge in [-0.3, -0.25) is 0 Å². The molecule has 0 amide bonds. The van der Waals surface area contributed by atoms with Crippen molar-refractivity contribution in [2.45, 2.75) is 26.2 Å². The first-order chi connectivity index (χ1) is 14.2. The first-order valence-electron chi connectivity index (χ1n) is 10.1. The van der Waals surface area contributed by atoms with E-state index < -0.39 is 0 Å². The minimum Gasteiger partial charge on any atom is -0.372 e. The van der Waals surface area contributed by atoms with Crippen molar-refractivity contribution in [2.75, 3.05) is 35.2 Å². The van der Waals surface area contributed by atoms with Crippen LogP contribution in [0.1, 0.15) is 24.1 Å². The van der Waals surface area contributed by atoms with Gasteiger partial charge in [-0.2, -0.15) is 4.98 Å². The first kappa shape index (κ1) is 19.2. The van der Waals surface area contributed by atoms with E-state index >= 15 is 0 Å². The molecule has 0 radical (unpaired) electrons. The molecule has 0 aliphatic carbocycles. The fourth-order valence-electron chi connectivity index (χ4n) is 3.56. The predicted octanol–water partition coefficient (Wildman–Crippen LogP) is 4.92. The lowest BCUT2D eigenvalue weighted by Gasteiger charge is -2.18. The summed E-state index contributed by atoms with van der Waals surface area (Å²) in [5.74, 6) is 1.14. The molecule has 29 heavy (non-hydrogen) atoms. The number of anilines is 4. The van der Waals surface area contributed by atoms with Gasteiger partial charge in [0.2, 0.25) is 5.95 Å². The molecule has 2 heterocycles. The number of nitrogens with one attached hydrogen (secondary N) is 2. The lowest BCUT2D eigenvalue weighted by molar-refractivity contribution is 0.627. The van der Waals surface area contributed by atoms with Gasteiger partial charge in [-0.25, -0.2) is 9.37 Å². The van der Waals surface area contributed by atoms with Crippen LogP contribution >= 0.6 is 0 Å². The van der Waals surface area contributed by atoms with Gasteiger partial charge in [-0.05, 0) is 68.1 Å². The summed E-state index contributed by atoms with van der Waals surface area (Å²) in [6.45, 7) is 4.95. The second-order valence-corrected chi connectivity index (χ2v) is 7.39. The molecule has 2 aromatic carbocycles. The third-order valence-corrected chi connectivity index (χ3v) is 5.08. The van der Waals surface area contributed by atoms with Gasteiger partial charge in [0.1, 0.15) is 11.6 Å². The number of aryl methyl sites for hydroxylation is 1. The quantitative estimate of drug-likeness (QED) is 0.599. The topological polar surface area (TPSA) is 53.1 Å². The average Bonchev–Trinajstić information content (AvgIpc) is 3.25. The smallest absolute Gasteiger partial charge is 0.229 e. The molecular weight excluding hydrogens is 365 g/mol. The zero-order valence-electron chi connectivity index (χ0n) is 16.7. The summed E-state index contributed by atoms with van der Waals surface area (Å²) in [5, 5.41) is 6.62. The van der Waals surface area contributed by atoms with Crippen LogP contribution in [0.5, 0.6) is 0 Å². The lowest BCUT2D eigenvalue weighted by Crippen LogP contribution is -2.17. The Morgan fingerprint density at radius 1 is 0.966 bits per heavy atom. The van der Waals surface area contributed by atoms with Crippen molar-refractivity contribution in [3.05, 3.63) is 71.7 Å². The monoisotopic (exact) mass is 391 g/mol. The highest BCUT2D eigenvalue weighted by molar-refractivity contribution is 5.60. The summed E-state index contributed by atoms with van der Waals surface area (Å²) >= 11 is 0. The Balaban J connectivity index is 1.36. The van der Waals surface area contributed by atoms with E-state index in [2.05, 4.69) is 49.8 Å². The van der Waals surface area contributed by atoms with E-state index in [4.69, 9.17) is 0 Å². The van der Waals surface area contributed by atoms with Gasteiger partial charge in [0, 0.05) is 42.8 Å². The summed E-state index contributed by atoms with van der Waals surface area (Å²) in [4.78, 5) is 11.5. The minimum atomic E-state index is -0.211. The molecule has 6 heteroatoms. The molecule has 0 unspecified atom stereocenters. The van der Waals surface area contributed by atoms with Gasteiger partial charge in [0.25, 0.3) is 0 Å². The van der Waals surface area contributed by atoms with Gasteiger partial charge >= 0.3 is 0 Å². The molecule has 0 bridgehead atoms. The molecular formula is C23H26FN5. The Labute approximate surface area is 171 Å². The molecule has 1 aliphatic heterocycles. The fourth-order valence-corrected chi connectivity index (χ4v) is 3.56. The zero-order valence-corrected chi connectivity index (χ0v) is 16.7. The highest BCUT2D eigenvalue weighted by atomic mass is 19.1. The molecule has 1 aromatic heterocycles. The van der Waals surface area contributed by atoms with Crippen LogP contribution in [0, 0.1) is 12.7 Å². The average molecular weight is 391 g/mol. The maximum absolute atomic E-state index is 13.0. The van der Waals surface area contributed by atoms with Gasteiger partial charge in [-0.1, -0.05) is 12.1 Å². The number of hydrogen-bond acceptors (Lipinski definition) is 5. The van der Waals surface area contributed by atoms with Crippen molar-refractivity contribution < 1.29 is 4.39 Å². The first-order valence-corrected chi connectivity index (χ1v) is 10.1. The Morgan fingerprint density at radius 2 is 1.69 bits per heavy atom. The molecule has 1 fully saturated rings. The highest BCUT2D eigenvalue weighted by Gasteiger charge is 2.12. The lowest BCUT2D eigenvalue weighted by atomic mass is 10.1. The molecule has 0 spiro atoms.